The summed E-state index contributed by atoms with van der Waals surface area (Å²) in [6.45, 7) is 27.0. The molecule has 0 aliphatic rings. The average molecular weight is 613 g/mol. The molecule has 4 nitrogen and oxygen atoms in total. The third kappa shape index (κ3) is 12.5. The number of allylic oxidation sites excluding steroid dienone is 1. The predicted molar refractivity (Wildman–Crippen MR) is 189 cm³/mol. The van der Waals surface area contributed by atoms with Gasteiger partial charge < -0.3 is 9.22 Å². The predicted octanol–water partition coefficient (Wildman–Crippen LogP) is 9.94. The number of unbranched alkanes of at least 4 members (excludes halogenated alkanes) is 2. The van der Waals surface area contributed by atoms with Gasteiger partial charge in [-0.05, 0) is 99.8 Å². The zero-order chi connectivity index (χ0) is 33.8. The Labute approximate surface area is 273 Å². The largest absolute Gasteiger partial charge is 0.385 e. The molecule has 4 heteroatoms. The van der Waals surface area contributed by atoms with Gasteiger partial charge >= 0.3 is 0 Å². The van der Waals surface area contributed by atoms with E-state index in [1.807, 2.05) is 0 Å². The summed E-state index contributed by atoms with van der Waals surface area (Å²) in [6.07, 6.45) is 10.3. The molecule has 0 spiro atoms. The molecule has 0 fully saturated rings. The van der Waals surface area contributed by atoms with Crippen molar-refractivity contribution in [3.8, 4) is 0 Å². The van der Waals surface area contributed by atoms with Crippen LogP contribution >= 0.6 is 0 Å². The van der Waals surface area contributed by atoms with Crippen molar-refractivity contribution in [3.05, 3.63) is 46.5 Å². The summed E-state index contributed by atoms with van der Waals surface area (Å²) in [7, 11) is 6.36. The maximum absolute atomic E-state index is 14.0. The Kier molecular flexibility index (Phi) is 16.3. The second kappa shape index (κ2) is 17.8. The summed E-state index contributed by atoms with van der Waals surface area (Å²) in [4.78, 5) is 28.0. The van der Waals surface area contributed by atoms with E-state index in [-0.39, 0.29) is 17.0 Å². The number of benzene rings is 1. The van der Waals surface area contributed by atoms with Gasteiger partial charge in [0, 0.05) is 43.8 Å². The Hall–Kier alpha value is -1.78. The van der Waals surface area contributed by atoms with Gasteiger partial charge in [-0.3, -0.25) is 9.59 Å². The van der Waals surface area contributed by atoms with E-state index in [1.54, 1.807) is 7.11 Å². The van der Waals surface area contributed by atoms with E-state index in [2.05, 4.69) is 95.1 Å². The zero-order valence-electron chi connectivity index (χ0n) is 31.1. The maximum atomic E-state index is 14.0. The van der Waals surface area contributed by atoms with Gasteiger partial charge in [-0.15, -0.1) is 0 Å². The molecule has 0 saturated carbocycles. The van der Waals surface area contributed by atoms with Crippen molar-refractivity contribution >= 4 is 11.6 Å². The molecule has 1 aromatic rings. The fourth-order valence-corrected chi connectivity index (χ4v) is 7.11. The Morgan fingerprint density at radius 1 is 0.795 bits per heavy atom. The van der Waals surface area contributed by atoms with Crippen LogP contribution in [0.4, 0.5) is 0 Å². The molecule has 2 unspecified atom stereocenters. The third-order valence-corrected chi connectivity index (χ3v) is 10.7. The van der Waals surface area contributed by atoms with Crippen LogP contribution in [-0.2, 0) is 20.7 Å². The summed E-state index contributed by atoms with van der Waals surface area (Å²) >= 11 is 0. The van der Waals surface area contributed by atoms with Crippen LogP contribution in [-0.4, -0.2) is 57.0 Å². The number of methoxy groups -OCH3 is 1. The van der Waals surface area contributed by atoms with Crippen LogP contribution in [0.25, 0.3) is 0 Å². The standard InChI is InChI=1S/C40H70NO3/c1-14-16-17-24-41(11,12)25-18-20-33(5)38(7,8)29-40(10,36(42)21-19-26-44-13)30-39(9,15-2)37(43)23-22-35-27-31(3)34(6)32(4)28-35/h27-28H,5,14-26,29-30H2,1-4,6-13H3/q+1. The van der Waals surface area contributed by atoms with Crippen LogP contribution in [0.5, 0.6) is 0 Å². The van der Waals surface area contributed by atoms with Crippen molar-refractivity contribution in [1.82, 2.24) is 0 Å². The van der Waals surface area contributed by atoms with Gasteiger partial charge in [0.05, 0.1) is 27.2 Å². The van der Waals surface area contributed by atoms with E-state index in [9.17, 15) is 9.59 Å². The van der Waals surface area contributed by atoms with Crippen molar-refractivity contribution in [1.29, 1.82) is 0 Å². The van der Waals surface area contributed by atoms with Crippen molar-refractivity contribution < 1.29 is 18.8 Å². The minimum atomic E-state index is -0.618. The molecular formula is C40H70NO3+. The fourth-order valence-electron chi connectivity index (χ4n) is 7.11. The van der Waals surface area contributed by atoms with Crippen LogP contribution < -0.4 is 0 Å². The Morgan fingerprint density at radius 3 is 1.91 bits per heavy atom. The smallest absolute Gasteiger partial charge is 0.139 e. The number of ether oxygens (including phenoxy) is 1. The monoisotopic (exact) mass is 613 g/mol. The molecule has 0 aromatic heterocycles. The van der Waals surface area contributed by atoms with E-state index < -0.39 is 10.8 Å². The lowest BCUT2D eigenvalue weighted by atomic mass is 9.60. The molecular weight excluding hydrogens is 542 g/mol. The SMILES string of the molecule is C=C(CCC[N+](C)(C)CCCCC)C(C)(C)CC(C)(CC(C)(CC)C(=O)CCc1cc(C)c(C)c(C)c1)C(=O)CCCOC. The number of aryl methyl sites for hydroxylation is 3. The number of carbonyl (C=O) groups excluding carboxylic acids is 2. The van der Waals surface area contributed by atoms with Crippen molar-refractivity contribution in [2.75, 3.05) is 40.9 Å². The average Bonchev–Trinajstić information content (AvgIpc) is 2.93. The number of quaternary nitrogens is 1. The molecule has 0 radical (unpaired) electrons. The minimum absolute atomic E-state index is 0.209. The van der Waals surface area contributed by atoms with E-state index in [0.717, 1.165) is 36.7 Å². The number of hydrogen-bond donors (Lipinski definition) is 0. The maximum Gasteiger partial charge on any atom is 0.139 e. The van der Waals surface area contributed by atoms with E-state index in [1.165, 1.54) is 53.6 Å². The summed E-state index contributed by atoms with van der Waals surface area (Å²) in [5.41, 5.74) is 4.94. The molecule has 0 amide bonds. The molecule has 1 rings (SSSR count). The Balaban J connectivity index is 3.12. The number of rotatable bonds is 23. The molecule has 0 aliphatic heterocycles. The van der Waals surface area contributed by atoms with E-state index >= 15 is 0 Å². The van der Waals surface area contributed by atoms with Crippen LogP contribution in [0.15, 0.2) is 24.3 Å². The molecule has 44 heavy (non-hydrogen) atoms. The van der Waals surface area contributed by atoms with Gasteiger partial charge in [0.25, 0.3) is 0 Å². The fraction of sp³-hybridized carbons (Fsp3) is 0.750. The number of carbonyl (C=O) groups is 2. The lowest BCUT2D eigenvalue weighted by Crippen LogP contribution is -2.42. The Bertz CT molecular complexity index is 1060. The molecule has 1 aromatic carbocycles. The summed E-state index contributed by atoms with van der Waals surface area (Å²) in [5, 5.41) is 0. The quantitative estimate of drug-likeness (QED) is 0.0702. The molecule has 0 aliphatic carbocycles. The molecule has 0 heterocycles. The molecule has 0 saturated heterocycles. The van der Waals surface area contributed by atoms with Gasteiger partial charge in [-0.1, -0.05) is 72.2 Å². The van der Waals surface area contributed by atoms with Gasteiger partial charge in [0.2, 0.25) is 0 Å². The van der Waals surface area contributed by atoms with Crippen molar-refractivity contribution in [2.24, 2.45) is 16.2 Å². The highest BCUT2D eigenvalue weighted by molar-refractivity contribution is 5.88. The van der Waals surface area contributed by atoms with E-state index in [0.29, 0.717) is 38.7 Å². The van der Waals surface area contributed by atoms with Crippen molar-refractivity contribution in [3.63, 3.8) is 0 Å². The highest BCUT2D eigenvalue weighted by atomic mass is 16.5. The number of nitrogens with zero attached hydrogens (tertiary/aromatic N) is 1. The first-order valence-corrected chi connectivity index (χ1v) is 17.5. The van der Waals surface area contributed by atoms with Crippen LogP contribution in [0.3, 0.4) is 0 Å². The molecule has 0 bridgehead atoms. The molecule has 2 atom stereocenters. The lowest BCUT2D eigenvalue weighted by Gasteiger charge is -2.43. The van der Waals surface area contributed by atoms with Crippen LogP contribution in [0.2, 0.25) is 0 Å². The zero-order valence-corrected chi connectivity index (χ0v) is 31.1. The van der Waals surface area contributed by atoms with Crippen LogP contribution in [0, 0.1) is 37.0 Å². The molecule has 0 N–H and O–H groups in total. The van der Waals surface area contributed by atoms with Gasteiger partial charge in [0.15, 0.2) is 0 Å². The summed E-state index contributed by atoms with van der Waals surface area (Å²) in [6, 6.07) is 4.45. The number of Topliss-reactive ketones (excluding diaryl/α,β-unsaturated/α-hetero) is 2. The molecule has 252 valence electrons. The van der Waals surface area contributed by atoms with Gasteiger partial charge in [0.1, 0.15) is 11.6 Å². The first-order valence-electron chi connectivity index (χ1n) is 17.5. The topological polar surface area (TPSA) is 43.4 Å². The first-order chi connectivity index (χ1) is 20.4. The Morgan fingerprint density at radius 2 is 1.36 bits per heavy atom. The summed E-state index contributed by atoms with van der Waals surface area (Å²) in [5.74, 6) is 0.521. The number of ketones is 2. The minimum Gasteiger partial charge on any atom is -0.385 e. The lowest BCUT2D eigenvalue weighted by molar-refractivity contribution is -0.890. The normalized spacial score (nSPS) is 15.1. The number of hydrogen-bond acceptors (Lipinski definition) is 3. The van der Waals surface area contributed by atoms with Crippen molar-refractivity contribution in [2.45, 2.75) is 139 Å². The van der Waals surface area contributed by atoms with Gasteiger partial charge in [-0.2, -0.15) is 0 Å². The summed E-state index contributed by atoms with van der Waals surface area (Å²) < 4.78 is 6.33. The second-order valence-corrected chi connectivity index (χ2v) is 15.8. The van der Waals surface area contributed by atoms with E-state index in [4.69, 9.17) is 4.74 Å². The second-order valence-electron chi connectivity index (χ2n) is 15.8. The van der Waals surface area contributed by atoms with Gasteiger partial charge in [-0.25, -0.2) is 0 Å². The third-order valence-electron chi connectivity index (χ3n) is 10.7. The van der Waals surface area contributed by atoms with Crippen LogP contribution in [0.1, 0.15) is 134 Å². The highest BCUT2D eigenvalue weighted by Gasteiger charge is 2.45. The highest BCUT2D eigenvalue weighted by Crippen LogP contribution is 2.48. The first kappa shape index (κ1) is 40.2.